The van der Waals surface area contributed by atoms with Gasteiger partial charge in [-0.1, -0.05) is 0 Å². The Labute approximate surface area is 138 Å². The Kier molecular flexibility index (Phi) is 3.81. The molecular weight excluding hydrogens is 402 g/mol. The first-order valence-corrected chi connectivity index (χ1v) is 7.98. The zero-order valence-electron chi connectivity index (χ0n) is 10.7. The largest absolute Gasteiger partial charge is 0.399 e. The van der Waals surface area contributed by atoms with Gasteiger partial charge >= 0.3 is 0 Å². The van der Waals surface area contributed by atoms with Crippen molar-refractivity contribution in [3.63, 3.8) is 0 Å². The van der Waals surface area contributed by atoms with Gasteiger partial charge in [0.25, 0.3) is 5.91 Å². The molecule has 0 saturated heterocycles. The molecule has 0 spiro atoms. The van der Waals surface area contributed by atoms with Crippen LogP contribution in [-0.2, 0) is 0 Å². The van der Waals surface area contributed by atoms with E-state index < -0.39 is 0 Å². The lowest BCUT2D eigenvalue weighted by Crippen LogP contribution is -2.11. The molecule has 0 aliphatic carbocycles. The summed E-state index contributed by atoms with van der Waals surface area (Å²) in [6, 6.07) is 11.6. The number of hydrogen-bond acceptors (Lipinski definition) is 3. The second-order valence-corrected chi connectivity index (χ2v) is 6.73. The van der Waals surface area contributed by atoms with Crippen molar-refractivity contribution in [2.75, 3.05) is 11.1 Å². The average molecular weight is 412 g/mol. The third-order valence-corrected chi connectivity index (χ3v) is 4.95. The van der Waals surface area contributed by atoms with Gasteiger partial charge in [0.2, 0.25) is 0 Å². The van der Waals surface area contributed by atoms with E-state index in [1.165, 1.54) is 23.5 Å². The summed E-state index contributed by atoms with van der Waals surface area (Å²) in [5, 5.41) is 3.74. The van der Waals surface area contributed by atoms with Gasteiger partial charge in [0.15, 0.2) is 0 Å². The van der Waals surface area contributed by atoms with Crippen molar-refractivity contribution in [3.05, 3.63) is 56.7 Å². The Balaban J connectivity index is 1.89. The maximum atomic E-state index is 13.1. The van der Waals surface area contributed by atoms with Gasteiger partial charge in [0.1, 0.15) is 5.82 Å². The van der Waals surface area contributed by atoms with Crippen LogP contribution >= 0.6 is 33.9 Å². The monoisotopic (exact) mass is 412 g/mol. The highest BCUT2D eigenvalue weighted by Gasteiger charge is 2.12. The van der Waals surface area contributed by atoms with Crippen LogP contribution < -0.4 is 11.1 Å². The van der Waals surface area contributed by atoms with E-state index in [0.717, 1.165) is 10.1 Å². The molecule has 6 heteroatoms. The van der Waals surface area contributed by atoms with Crippen molar-refractivity contribution in [1.29, 1.82) is 0 Å². The zero-order chi connectivity index (χ0) is 15.0. The normalized spacial score (nSPS) is 10.8. The van der Waals surface area contributed by atoms with Crippen LogP contribution in [0, 0.1) is 9.39 Å². The van der Waals surface area contributed by atoms with Crippen LogP contribution in [0.3, 0.4) is 0 Å². The number of hydrogen-bond donors (Lipinski definition) is 2. The number of fused-ring (bicyclic) bond motifs is 1. The van der Waals surface area contributed by atoms with Crippen LogP contribution in [0.1, 0.15) is 9.67 Å². The average Bonchev–Trinajstić information content (AvgIpc) is 2.85. The molecule has 0 radical (unpaired) electrons. The smallest absolute Gasteiger partial charge is 0.265 e. The molecule has 3 aromatic rings. The summed E-state index contributed by atoms with van der Waals surface area (Å²) in [6.45, 7) is 0. The molecule has 3 N–H and O–H groups in total. The Bertz CT molecular complexity index is 847. The maximum Gasteiger partial charge on any atom is 0.265 e. The Morgan fingerprint density at radius 3 is 2.76 bits per heavy atom. The molecule has 106 valence electrons. The Morgan fingerprint density at radius 2 is 2.00 bits per heavy atom. The van der Waals surface area contributed by atoms with Crippen LogP contribution in [0.15, 0.2) is 42.5 Å². The molecule has 1 amide bonds. The van der Waals surface area contributed by atoms with Gasteiger partial charge in [-0.2, -0.15) is 0 Å². The third kappa shape index (κ3) is 3.01. The van der Waals surface area contributed by atoms with Crippen LogP contribution in [0.2, 0.25) is 0 Å². The number of thiophene rings is 1. The van der Waals surface area contributed by atoms with E-state index in [4.69, 9.17) is 5.73 Å². The number of benzene rings is 2. The van der Waals surface area contributed by atoms with Gasteiger partial charge in [-0.15, -0.1) is 11.3 Å². The molecule has 1 heterocycles. The van der Waals surface area contributed by atoms with E-state index in [2.05, 4.69) is 5.32 Å². The summed E-state index contributed by atoms with van der Waals surface area (Å²) in [4.78, 5) is 12.9. The van der Waals surface area contributed by atoms with Gasteiger partial charge in [-0.05, 0) is 70.4 Å². The molecule has 0 fully saturated rings. The van der Waals surface area contributed by atoms with Gasteiger partial charge in [-0.25, -0.2) is 4.39 Å². The van der Waals surface area contributed by atoms with Gasteiger partial charge in [0, 0.05) is 14.0 Å². The summed E-state index contributed by atoms with van der Waals surface area (Å²) in [6.07, 6.45) is 0. The predicted octanol–water partition coefficient (Wildman–Crippen LogP) is 4.48. The van der Waals surface area contributed by atoms with Gasteiger partial charge in [-0.3, -0.25) is 4.79 Å². The minimum atomic E-state index is -0.324. The number of nitrogens with two attached hydrogens (primary N) is 1. The molecule has 2 aromatic carbocycles. The Morgan fingerprint density at radius 1 is 1.19 bits per heavy atom. The molecule has 0 atom stereocenters. The molecule has 0 bridgehead atoms. The maximum absolute atomic E-state index is 13.1. The summed E-state index contributed by atoms with van der Waals surface area (Å²) < 4.78 is 14.7. The lowest BCUT2D eigenvalue weighted by molar-refractivity contribution is 0.103. The molecule has 21 heavy (non-hydrogen) atoms. The number of carbonyl (C=O) groups is 1. The Hall–Kier alpha value is -1.67. The van der Waals surface area contributed by atoms with Crippen molar-refractivity contribution in [1.82, 2.24) is 0 Å². The quantitative estimate of drug-likeness (QED) is 0.482. The van der Waals surface area contributed by atoms with E-state index in [9.17, 15) is 9.18 Å². The van der Waals surface area contributed by atoms with Crippen LogP contribution in [0.5, 0.6) is 0 Å². The molecule has 1 aromatic heterocycles. The first kappa shape index (κ1) is 14.3. The van der Waals surface area contributed by atoms with Crippen molar-refractivity contribution < 1.29 is 9.18 Å². The first-order chi connectivity index (χ1) is 10.0. The molecule has 3 rings (SSSR count). The number of nitrogen functional groups attached to an aromatic ring is 1. The molecule has 0 unspecified atom stereocenters. The van der Waals surface area contributed by atoms with Crippen molar-refractivity contribution in [2.24, 2.45) is 0 Å². The number of anilines is 2. The van der Waals surface area contributed by atoms with E-state index in [0.29, 0.717) is 19.8 Å². The van der Waals surface area contributed by atoms with Crippen molar-refractivity contribution in [2.45, 2.75) is 0 Å². The number of nitrogens with one attached hydrogen (secondary N) is 1. The number of halogens is 2. The molecule has 0 aliphatic heterocycles. The van der Waals surface area contributed by atoms with Crippen LogP contribution in [0.4, 0.5) is 15.8 Å². The lowest BCUT2D eigenvalue weighted by Gasteiger charge is -2.05. The highest BCUT2D eigenvalue weighted by molar-refractivity contribution is 14.1. The summed E-state index contributed by atoms with van der Waals surface area (Å²) in [7, 11) is 0. The molecule has 3 nitrogen and oxygen atoms in total. The second kappa shape index (κ2) is 5.61. The fourth-order valence-corrected chi connectivity index (χ4v) is 3.50. The first-order valence-electron chi connectivity index (χ1n) is 6.08. The molecular formula is C15H10FIN2OS. The highest BCUT2D eigenvalue weighted by atomic mass is 127. The lowest BCUT2D eigenvalue weighted by atomic mass is 10.2. The summed E-state index contributed by atoms with van der Waals surface area (Å²) in [5.41, 5.74) is 7.00. The van der Waals surface area contributed by atoms with Crippen LogP contribution in [-0.4, -0.2) is 5.91 Å². The number of rotatable bonds is 2. The van der Waals surface area contributed by atoms with E-state index in [1.54, 1.807) is 6.07 Å². The SMILES string of the molecule is Nc1ccc2sc(C(=O)Nc3ccc(F)cc3I)cc2c1. The fourth-order valence-electron chi connectivity index (χ4n) is 1.95. The van der Waals surface area contributed by atoms with E-state index >= 15 is 0 Å². The second-order valence-electron chi connectivity index (χ2n) is 4.49. The highest BCUT2D eigenvalue weighted by Crippen LogP contribution is 2.28. The molecule has 0 aliphatic rings. The minimum Gasteiger partial charge on any atom is -0.399 e. The standard InChI is InChI=1S/C15H10FIN2OS/c16-9-1-3-12(11(17)7-9)19-15(20)14-6-8-5-10(18)2-4-13(8)21-14/h1-7H,18H2,(H,19,20). The van der Waals surface area contributed by atoms with Gasteiger partial charge < -0.3 is 11.1 Å². The fraction of sp³-hybridized carbons (Fsp3) is 0. The minimum absolute atomic E-state index is 0.209. The van der Waals surface area contributed by atoms with Crippen molar-refractivity contribution in [3.8, 4) is 0 Å². The number of amides is 1. The van der Waals surface area contributed by atoms with Crippen LogP contribution in [0.25, 0.3) is 10.1 Å². The summed E-state index contributed by atoms with van der Waals surface area (Å²) >= 11 is 3.39. The molecule has 0 saturated carbocycles. The van der Waals surface area contributed by atoms with Gasteiger partial charge in [0.05, 0.1) is 10.6 Å². The van der Waals surface area contributed by atoms with E-state index in [-0.39, 0.29) is 11.7 Å². The predicted molar refractivity (Wildman–Crippen MR) is 93.3 cm³/mol. The topological polar surface area (TPSA) is 55.1 Å². The van der Waals surface area contributed by atoms with Crippen molar-refractivity contribution >= 4 is 61.3 Å². The number of carbonyl (C=O) groups excluding carboxylic acids is 1. The zero-order valence-corrected chi connectivity index (χ0v) is 13.7. The van der Waals surface area contributed by atoms with E-state index in [1.807, 2.05) is 46.9 Å². The third-order valence-electron chi connectivity index (χ3n) is 2.94. The summed E-state index contributed by atoms with van der Waals surface area (Å²) in [5.74, 6) is -0.533.